The predicted octanol–water partition coefficient (Wildman–Crippen LogP) is 6.20. The highest BCUT2D eigenvalue weighted by atomic mass is 35.5. The van der Waals surface area contributed by atoms with Crippen LogP contribution < -0.4 is 4.90 Å². The van der Waals surface area contributed by atoms with E-state index >= 15 is 0 Å². The van der Waals surface area contributed by atoms with Crippen molar-refractivity contribution in [2.45, 2.75) is 18.8 Å². The number of carbonyl (C=O) groups excluding carboxylic acids is 1. The van der Waals surface area contributed by atoms with Crippen molar-refractivity contribution in [3.63, 3.8) is 0 Å². The second-order valence-corrected chi connectivity index (χ2v) is 9.37. The lowest BCUT2D eigenvalue weighted by atomic mass is 9.88. The third-order valence-electron chi connectivity index (χ3n) is 6.42. The van der Waals surface area contributed by atoms with Gasteiger partial charge < -0.3 is 19.1 Å². The maximum atomic E-state index is 13.4. The van der Waals surface area contributed by atoms with Crippen LogP contribution in [-0.4, -0.2) is 44.5 Å². The molecule has 8 heteroatoms. The smallest absolute Gasteiger partial charge is 0.326 e. The highest BCUT2D eigenvalue weighted by molar-refractivity contribution is 6.30. The number of amides is 2. The molecule has 0 saturated carbocycles. The lowest BCUT2D eigenvalue weighted by molar-refractivity contribution is -0.129. The van der Waals surface area contributed by atoms with Crippen molar-refractivity contribution in [1.82, 2.24) is 4.90 Å². The van der Waals surface area contributed by atoms with Crippen LogP contribution in [0.25, 0.3) is 0 Å². The maximum Gasteiger partial charge on any atom is 0.326 e. The first-order valence-corrected chi connectivity index (χ1v) is 12.3. The van der Waals surface area contributed by atoms with Gasteiger partial charge in [0, 0.05) is 40.4 Å². The van der Waals surface area contributed by atoms with Crippen LogP contribution in [0.2, 0.25) is 10.0 Å². The van der Waals surface area contributed by atoms with Gasteiger partial charge in [-0.15, -0.1) is 0 Å². The van der Waals surface area contributed by atoms with Crippen LogP contribution in [0.3, 0.4) is 0 Å². The minimum absolute atomic E-state index is 0.149. The van der Waals surface area contributed by atoms with E-state index in [1.165, 1.54) is 0 Å². The summed E-state index contributed by atoms with van der Waals surface area (Å²) in [6.45, 7) is 3.49. The summed E-state index contributed by atoms with van der Waals surface area (Å²) >= 11 is 12.5. The number of ether oxygens (including phenoxy) is 3. The molecule has 1 atom stereocenters. The molecule has 2 aliphatic rings. The van der Waals surface area contributed by atoms with Crippen LogP contribution in [0.5, 0.6) is 0 Å². The van der Waals surface area contributed by atoms with Crippen LogP contribution >= 0.6 is 23.2 Å². The molecular formula is C27H26Cl2N2O4. The Labute approximate surface area is 214 Å². The number of hydrogen-bond acceptors (Lipinski definition) is 4. The first kappa shape index (κ1) is 24.1. The maximum absolute atomic E-state index is 13.4. The molecule has 5 rings (SSSR count). The van der Waals surface area contributed by atoms with E-state index in [4.69, 9.17) is 37.4 Å². The fourth-order valence-electron chi connectivity index (χ4n) is 4.81. The molecule has 182 valence electrons. The summed E-state index contributed by atoms with van der Waals surface area (Å²) in [5.41, 5.74) is 4.31. The van der Waals surface area contributed by atoms with Gasteiger partial charge in [0.15, 0.2) is 0 Å². The zero-order valence-corrected chi connectivity index (χ0v) is 21.1. The minimum atomic E-state index is -1.07. The van der Waals surface area contributed by atoms with Crippen LogP contribution in [-0.2, 0) is 20.0 Å². The van der Waals surface area contributed by atoms with Crippen molar-refractivity contribution < 1.29 is 19.0 Å². The topological polar surface area (TPSA) is 51.2 Å². The second-order valence-electron chi connectivity index (χ2n) is 8.49. The van der Waals surface area contributed by atoms with E-state index in [0.717, 1.165) is 27.9 Å². The summed E-state index contributed by atoms with van der Waals surface area (Å²) < 4.78 is 18.1. The third-order valence-corrected chi connectivity index (χ3v) is 6.91. The number of hydrogen-bond donors (Lipinski definition) is 0. The van der Waals surface area contributed by atoms with Crippen molar-refractivity contribution in [2.75, 3.05) is 38.5 Å². The quantitative estimate of drug-likeness (QED) is 0.394. The summed E-state index contributed by atoms with van der Waals surface area (Å²) in [4.78, 5) is 16.8. The molecular weight excluding hydrogens is 487 g/mol. The van der Waals surface area contributed by atoms with Crippen LogP contribution in [0.15, 0.2) is 66.7 Å². The van der Waals surface area contributed by atoms with E-state index in [-0.39, 0.29) is 18.8 Å². The molecule has 3 aromatic rings. The van der Waals surface area contributed by atoms with Crippen molar-refractivity contribution in [3.8, 4) is 0 Å². The number of carbonyl (C=O) groups is 1. The second kappa shape index (κ2) is 9.80. The average molecular weight is 513 g/mol. The Kier molecular flexibility index (Phi) is 6.75. The molecule has 2 heterocycles. The van der Waals surface area contributed by atoms with Crippen LogP contribution in [0.4, 0.5) is 10.5 Å². The minimum Gasteiger partial charge on any atom is -0.361 e. The zero-order chi connectivity index (χ0) is 24.6. The van der Waals surface area contributed by atoms with E-state index < -0.39 is 5.79 Å². The Balaban J connectivity index is 1.68. The van der Waals surface area contributed by atoms with Gasteiger partial charge in [-0.25, -0.2) is 4.79 Å². The molecule has 1 saturated heterocycles. The molecule has 1 unspecified atom stereocenters. The number of nitrogens with zero attached hydrogens (tertiary/aromatic N) is 2. The Bertz CT molecular complexity index is 1230. The largest absolute Gasteiger partial charge is 0.361 e. The van der Waals surface area contributed by atoms with Gasteiger partial charge in [0.05, 0.1) is 24.9 Å². The Morgan fingerprint density at radius 1 is 0.971 bits per heavy atom. The van der Waals surface area contributed by atoms with E-state index in [9.17, 15) is 4.79 Å². The molecule has 0 N–H and O–H groups in total. The molecule has 2 amide bonds. The molecule has 35 heavy (non-hydrogen) atoms. The first-order valence-electron chi connectivity index (χ1n) is 11.5. The molecule has 6 nitrogen and oxygen atoms in total. The van der Waals surface area contributed by atoms with Gasteiger partial charge in [0.1, 0.15) is 6.73 Å². The molecule has 3 aromatic carbocycles. The third kappa shape index (κ3) is 4.30. The summed E-state index contributed by atoms with van der Waals surface area (Å²) in [6, 6.07) is 20.5. The monoisotopic (exact) mass is 512 g/mol. The van der Waals surface area contributed by atoms with Crippen LogP contribution in [0.1, 0.15) is 35.2 Å². The van der Waals surface area contributed by atoms with E-state index in [1.54, 1.807) is 16.8 Å². The molecule has 0 bridgehead atoms. The fraction of sp³-hybridized carbons (Fsp3) is 0.296. The summed E-state index contributed by atoms with van der Waals surface area (Å²) in [7, 11) is 1.79. The van der Waals surface area contributed by atoms with Gasteiger partial charge in [-0.2, -0.15) is 0 Å². The molecule has 0 aliphatic carbocycles. The number of urea groups is 1. The number of rotatable bonds is 6. The summed E-state index contributed by atoms with van der Waals surface area (Å²) in [6.07, 6.45) is 0. The molecule has 0 aromatic heterocycles. The van der Waals surface area contributed by atoms with Crippen LogP contribution in [0, 0.1) is 0 Å². The average Bonchev–Trinajstić information content (AvgIpc) is 3.36. The molecule has 0 radical (unpaired) electrons. The molecule has 0 spiro atoms. The number of fused-ring (bicyclic) bond motifs is 1. The summed E-state index contributed by atoms with van der Waals surface area (Å²) in [5, 5.41) is 1.25. The van der Waals surface area contributed by atoms with E-state index in [2.05, 4.69) is 6.07 Å². The van der Waals surface area contributed by atoms with Crippen molar-refractivity contribution >= 4 is 34.9 Å². The van der Waals surface area contributed by atoms with Gasteiger partial charge in [-0.1, -0.05) is 53.5 Å². The number of halogens is 2. The fourth-order valence-corrected chi connectivity index (χ4v) is 5.13. The van der Waals surface area contributed by atoms with Crippen molar-refractivity contribution in [2.24, 2.45) is 0 Å². The number of benzene rings is 3. The Hall–Kier alpha value is -2.61. The van der Waals surface area contributed by atoms with Crippen molar-refractivity contribution in [3.05, 3.63) is 99.0 Å². The lowest BCUT2D eigenvalue weighted by Crippen LogP contribution is -2.49. The van der Waals surface area contributed by atoms with Gasteiger partial charge in [0.2, 0.25) is 5.79 Å². The van der Waals surface area contributed by atoms with Gasteiger partial charge in [0.25, 0.3) is 0 Å². The number of anilines is 1. The van der Waals surface area contributed by atoms with Gasteiger partial charge >= 0.3 is 6.03 Å². The van der Waals surface area contributed by atoms with Gasteiger partial charge in [-0.3, -0.25) is 4.90 Å². The highest BCUT2D eigenvalue weighted by Crippen LogP contribution is 2.45. The zero-order valence-electron chi connectivity index (χ0n) is 19.5. The summed E-state index contributed by atoms with van der Waals surface area (Å²) in [5.74, 6) is -1.07. The predicted molar refractivity (Wildman–Crippen MR) is 136 cm³/mol. The first-order chi connectivity index (χ1) is 16.9. The molecule has 1 fully saturated rings. The van der Waals surface area contributed by atoms with E-state index in [1.807, 2.05) is 67.6 Å². The van der Waals surface area contributed by atoms with Gasteiger partial charge in [-0.05, 0) is 48.9 Å². The van der Waals surface area contributed by atoms with E-state index in [0.29, 0.717) is 29.9 Å². The Morgan fingerprint density at radius 2 is 1.69 bits per heavy atom. The Morgan fingerprint density at radius 3 is 2.37 bits per heavy atom. The van der Waals surface area contributed by atoms with Crippen molar-refractivity contribution in [1.29, 1.82) is 0 Å². The SMILES string of the molecule is CCOCN1C(=O)N(C)C(c2cccc(Cl)c2)c2cc(C3(c4ccc(Cl)cc4)OCCO3)ccc21. The highest BCUT2D eigenvalue weighted by Gasteiger charge is 2.43. The standard InChI is InChI=1S/C27H26Cl2N2O4/c1-3-33-17-31-24-12-9-20(27(34-13-14-35-27)19-7-10-21(28)11-8-19)16-23(24)25(30(2)26(31)32)18-5-4-6-22(29)15-18/h4-12,15-16,25H,3,13-14,17H2,1-2H3. The normalized spacial score (nSPS) is 19.2. The molecule has 2 aliphatic heterocycles. The lowest BCUT2D eigenvalue weighted by Gasteiger charge is -2.41.